The molecule has 2 amide bonds. The van der Waals surface area contributed by atoms with Crippen LogP contribution in [0.15, 0.2) is 18.3 Å². The topological polar surface area (TPSA) is 111 Å². The van der Waals surface area contributed by atoms with Gasteiger partial charge in [0.05, 0.1) is 11.1 Å². The number of carbonyl (C=O) groups excluding carboxylic acids is 3. The van der Waals surface area contributed by atoms with E-state index in [-0.39, 0.29) is 10.7 Å². The van der Waals surface area contributed by atoms with Crippen LogP contribution in [0.2, 0.25) is 5.15 Å². The molecule has 3 rings (SSSR count). The second-order valence-corrected chi connectivity index (χ2v) is 7.27. The van der Waals surface area contributed by atoms with E-state index in [0.717, 1.165) is 36.1 Å². The fourth-order valence-electron chi connectivity index (χ4n) is 2.79. The number of esters is 1. The number of nitrogens with one attached hydrogen (secondary N) is 1. The van der Waals surface area contributed by atoms with Gasteiger partial charge in [-0.25, -0.2) is 9.78 Å². The van der Waals surface area contributed by atoms with E-state index in [2.05, 4.69) is 10.3 Å². The Balaban J connectivity index is 1.65. The number of ether oxygens (including phenoxy) is 1. The fraction of sp³-hybridized carbons (Fsp3) is 0.294. The maximum Gasteiger partial charge on any atom is 0.340 e. The molecule has 0 bridgehead atoms. The summed E-state index contributed by atoms with van der Waals surface area (Å²) in [5.74, 6) is -1.80. The van der Waals surface area contributed by atoms with E-state index in [1.807, 2.05) is 0 Å². The molecule has 0 aliphatic heterocycles. The van der Waals surface area contributed by atoms with Crippen LogP contribution in [0.5, 0.6) is 0 Å². The number of fused-ring (bicyclic) bond motifs is 1. The number of aryl methyl sites for hydroxylation is 1. The molecule has 0 saturated heterocycles. The summed E-state index contributed by atoms with van der Waals surface area (Å²) in [4.78, 5) is 40.7. The van der Waals surface area contributed by atoms with Gasteiger partial charge in [0, 0.05) is 11.1 Å². The Hall–Kier alpha value is -2.45. The van der Waals surface area contributed by atoms with Crippen molar-refractivity contribution in [3.8, 4) is 0 Å². The van der Waals surface area contributed by atoms with Gasteiger partial charge in [-0.15, -0.1) is 11.3 Å². The van der Waals surface area contributed by atoms with Crippen molar-refractivity contribution in [2.45, 2.75) is 25.7 Å². The molecular weight excluding hydrogens is 378 g/mol. The van der Waals surface area contributed by atoms with Gasteiger partial charge in [0.25, 0.3) is 11.8 Å². The maximum absolute atomic E-state index is 12.1. The number of hydrogen-bond acceptors (Lipinski definition) is 6. The van der Waals surface area contributed by atoms with Gasteiger partial charge in [-0.3, -0.25) is 9.59 Å². The Bertz CT molecular complexity index is 864. The third kappa shape index (κ3) is 4.03. The number of pyridine rings is 1. The van der Waals surface area contributed by atoms with E-state index < -0.39 is 24.4 Å². The first kappa shape index (κ1) is 18.3. The molecule has 1 aliphatic rings. The highest BCUT2D eigenvalue weighted by molar-refractivity contribution is 7.17. The summed E-state index contributed by atoms with van der Waals surface area (Å²) in [7, 11) is 0. The summed E-state index contributed by atoms with van der Waals surface area (Å²) in [6.45, 7) is -0.484. The molecule has 0 unspecified atom stereocenters. The van der Waals surface area contributed by atoms with Gasteiger partial charge in [0.15, 0.2) is 6.61 Å². The zero-order chi connectivity index (χ0) is 18.7. The van der Waals surface area contributed by atoms with E-state index in [4.69, 9.17) is 22.1 Å². The number of nitrogens with two attached hydrogens (primary N) is 1. The minimum absolute atomic E-state index is 0.187. The summed E-state index contributed by atoms with van der Waals surface area (Å²) < 4.78 is 4.96. The van der Waals surface area contributed by atoms with Crippen molar-refractivity contribution < 1.29 is 19.1 Å². The molecule has 0 atom stereocenters. The van der Waals surface area contributed by atoms with E-state index in [9.17, 15) is 14.4 Å². The third-order valence-corrected chi connectivity index (χ3v) is 5.40. The monoisotopic (exact) mass is 393 g/mol. The lowest BCUT2D eigenvalue weighted by Crippen LogP contribution is -2.23. The summed E-state index contributed by atoms with van der Waals surface area (Å²) in [6.07, 6.45) is 4.95. The summed E-state index contributed by atoms with van der Waals surface area (Å²) in [5, 5.41) is 3.30. The molecule has 2 aromatic rings. The number of anilines is 1. The normalized spacial score (nSPS) is 13.0. The Kier molecular flexibility index (Phi) is 5.53. The van der Waals surface area contributed by atoms with Crippen LogP contribution in [0, 0.1) is 0 Å². The predicted octanol–water partition coefficient (Wildman–Crippen LogP) is 2.57. The lowest BCUT2D eigenvalue weighted by atomic mass is 9.95. The number of primary amides is 1. The third-order valence-electron chi connectivity index (χ3n) is 3.97. The molecule has 26 heavy (non-hydrogen) atoms. The Morgan fingerprint density at radius 2 is 2.04 bits per heavy atom. The second-order valence-electron chi connectivity index (χ2n) is 5.77. The van der Waals surface area contributed by atoms with E-state index in [0.29, 0.717) is 10.6 Å². The van der Waals surface area contributed by atoms with Crippen LogP contribution in [0.25, 0.3) is 0 Å². The lowest BCUT2D eigenvalue weighted by molar-refractivity contribution is -0.119. The number of hydrogen-bond donors (Lipinski definition) is 2. The van der Waals surface area contributed by atoms with Gasteiger partial charge < -0.3 is 15.8 Å². The average molecular weight is 394 g/mol. The van der Waals surface area contributed by atoms with E-state index >= 15 is 0 Å². The minimum Gasteiger partial charge on any atom is -0.452 e. The Labute approximate surface area is 158 Å². The van der Waals surface area contributed by atoms with E-state index in [1.165, 1.54) is 29.7 Å². The molecule has 2 aromatic heterocycles. The molecular formula is C17H16ClN3O4S. The van der Waals surface area contributed by atoms with Crippen molar-refractivity contribution in [3.05, 3.63) is 45.1 Å². The number of carbonyl (C=O) groups is 3. The first-order valence-corrected chi connectivity index (χ1v) is 9.18. The minimum atomic E-state index is -0.690. The number of thiophene rings is 1. The summed E-state index contributed by atoms with van der Waals surface area (Å²) in [5.41, 5.74) is 6.96. The van der Waals surface area contributed by atoms with Gasteiger partial charge in [-0.1, -0.05) is 11.6 Å². The van der Waals surface area contributed by atoms with Crippen molar-refractivity contribution in [2.24, 2.45) is 5.73 Å². The quantitative estimate of drug-likeness (QED) is 0.599. The van der Waals surface area contributed by atoms with Gasteiger partial charge in [0.1, 0.15) is 10.2 Å². The molecule has 0 spiro atoms. The van der Waals surface area contributed by atoms with Crippen molar-refractivity contribution in [1.82, 2.24) is 4.98 Å². The number of rotatable bonds is 5. The molecule has 0 saturated carbocycles. The van der Waals surface area contributed by atoms with Gasteiger partial charge >= 0.3 is 5.97 Å². The standard InChI is InChI=1S/C17H16ClN3O4S/c18-12-6-5-9(7-20-12)17(24)25-8-13(22)21-16-14(15(19)23)10-3-1-2-4-11(10)26-16/h5-7H,1-4,8H2,(H2,19,23)(H,21,22). The molecule has 3 N–H and O–H groups in total. The van der Waals surface area contributed by atoms with Crippen LogP contribution in [0.1, 0.15) is 44.0 Å². The molecule has 136 valence electrons. The van der Waals surface area contributed by atoms with Gasteiger partial charge in [0.2, 0.25) is 0 Å². The molecule has 0 radical (unpaired) electrons. The zero-order valence-electron chi connectivity index (χ0n) is 13.7. The van der Waals surface area contributed by atoms with Gasteiger partial charge in [-0.2, -0.15) is 0 Å². The van der Waals surface area contributed by atoms with E-state index in [1.54, 1.807) is 0 Å². The maximum atomic E-state index is 12.1. The fourth-order valence-corrected chi connectivity index (χ4v) is 4.21. The average Bonchev–Trinajstić information content (AvgIpc) is 2.98. The summed E-state index contributed by atoms with van der Waals surface area (Å²) in [6, 6.07) is 2.90. The predicted molar refractivity (Wildman–Crippen MR) is 97.6 cm³/mol. The zero-order valence-corrected chi connectivity index (χ0v) is 15.3. The van der Waals surface area contributed by atoms with Crippen LogP contribution in [0.4, 0.5) is 5.00 Å². The molecule has 2 heterocycles. The highest BCUT2D eigenvalue weighted by atomic mass is 35.5. The largest absolute Gasteiger partial charge is 0.452 e. The molecule has 0 fully saturated rings. The molecule has 1 aliphatic carbocycles. The number of aromatic nitrogens is 1. The van der Waals surface area contributed by atoms with Crippen LogP contribution in [-0.2, 0) is 22.4 Å². The van der Waals surface area contributed by atoms with Crippen LogP contribution >= 0.6 is 22.9 Å². The number of amides is 2. The summed E-state index contributed by atoms with van der Waals surface area (Å²) >= 11 is 7.01. The van der Waals surface area contributed by atoms with Crippen LogP contribution in [-0.4, -0.2) is 29.4 Å². The van der Waals surface area contributed by atoms with Gasteiger partial charge in [-0.05, 0) is 43.4 Å². The molecule has 0 aromatic carbocycles. The molecule has 9 heteroatoms. The SMILES string of the molecule is NC(=O)c1c(NC(=O)COC(=O)c2ccc(Cl)nc2)sc2c1CCCC2. The lowest BCUT2D eigenvalue weighted by Gasteiger charge is -2.11. The van der Waals surface area contributed by atoms with Crippen LogP contribution < -0.4 is 11.1 Å². The second kappa shape index (κ2) is 7.84. The van der Waals surface area contributed by atoms with Crippen LogP contribution in [0.3, 0.4) is 0 Å². The van der Waals surface area contributed by atoms with Crippen molar-refractivity contribution in [3.63, 3.8) is 0 Å². The Morgan fingerprint density at radius 3 is 2.73 bits per heavy atom. The number of nitrogens with zero attached hydrogens (tertiary/aromatic N) is 1. The van der Waals surface area contributed by atoms with Crippen molar-refractivity contribution in [2.75, 3.05) is 11.9 Å². The highest BCUT2D eigenvalue weighted by Crippen LogP contribution is 2.37. The van der Waals surface area contributed by atoms with Crippen molar-refractivity contribution >= 4 is 45.7 Å². The highest BCUT2D eigenvalue weighted by Gasteiger charge is 2.25. The first-order valence-electron chi connectivity index (χ1n) is 7.98. The molecule has 7 nitrogen and oxygen atoms in total. The van der Waals surface area contributed by atoms with Crippen molar-refractivity contribution in [1.29, 1.82) is 0 Å². The Morgan fingerprint density at radius 1 is 1.27 bits per heavy atom. The first-order chi connectivity index (χ1) is 12.5. The smallest absolute Gasteiger partial charge is 0.340 e. The number of halogens is 1.